The third-order valence-electron chi connectivity index (χ3n) is 2.64. The number of aliphatic hydroxyl groups is 1. The minimum atomic E-state index is 0.124. The van der Waals surface area contributed by atoms with E-state index < -0.39 is 0 Å². The highest BCUT2D eigenvalue weighted by molar-refractivity contribution is 5.49. The van der Waals surface area contributed by atoms with Crippen LogP contribution >= 0.6 is 0 Å². The number of rotatable bonds is 7. The zero-order chi connectivity index (χ0) is 13.5. The van der Waals surface area contributed by atoms with Crippen molar-refractivity contribution in [3.05, 3.63) is 11.9 Å². The van der Waals surface area contributed by atoms with Gasteiger partial charge in [0.1, 0.15) is 17.5 Å². The Bertz CT molecular complexity index is 368. The van der Waals surface area contributed by atoms with Gasteiger partial charge in [-0.3, -0.25) is 0 Å². The Morgan fingerprint density at radius 3 is 2.67 bits per heavy atom. The van der Waals surface area contributed by atoms with E-state index in [0.29, 0.717) is 12.6 Å². The Morgan fingerprint density at radius 2 is 2.11 bits per heavy atom. The summed E-state index contributed by atoms with van der Waals surface area (Å²) < 4.78 is 0. The Balaban J connectivity index is 2.95. The molecular weight excluding hydrogens is 228 g/mol. The summed E-state index contributed by atoms with van der Waals surface area (Å²) in [5.41, 5.74) is 0. The molecule has 0 aliphatic heterocycles. The Labute approximate surface area is 109 Å². The van der Waals surface area contributed by atoms with Crippen molar-refractivity contribution in [2.24, 2.45) is 0 Å². The van der Waals surface area contributed by atoms with Crippen molar-refractivity contribution in [3.8, 4) is 0 Å². The molecule has 102 valence electrons. The largest absolute Gasteiger partial charge is 0.395 e. The number of nitrogens with zero attached hydrogens (tertiary/aromatic N) is 3. The van der Waals surface area contributed by atoms with Crippen LogP contribution in [0.2, 0.25) is 0 Å². The quantitative estimate of drug-likeness (QED) is 0.775. The van der Waals surface area contributed by atoms with Gasteiger partial charge in [0.05, 0.1) is 6.61 Å². The molecule has 18 heavy (non-hydrogen) atoms. The SMILES string of the molecule is CCCNc1cc(N(CCO)C(C)C)nc(C)n1. The molecule has 1 aromatic rings. The fourth-order valence-corrected chi connectivity index (χ4v) is 1.79. The smallest absolute Gasteiger partial charge is 0.134 e. The molecule has 0 bridgehead atoms. The number of hydrogen-bond acceptors (Lipinski definition) is 5. The number of hydrogen-bond donors (Lipinski definition) is 2. The van der Waals surface area contributed by atoms with Crippen molar-refractivity contribution >= 4 is 11.6 Å². The fourth-order valence-electron chi connectivity index (χ4n) is 1.79. The standard InChI is InChI=1S/C13H24N4O/c1-5-6-14-12-9-13(16-11(4)15-12)17(7-8-18)10(2)3/h9-10,18H,5-8H2,1-4H3,(H,14,15,16). The molecule has 1 heterocycles. The van der Waals surface area contributed by atoms with Gasteiger partial charge in [0.2, 0.25) is 0 Å². The molecule has 0 fully saturated rings. The monoisotopic (exact) mass is 252 g/mol. The second-order valence-corrected chi connectivity index (χ2v) is 4.60. The average molecular weight is 252 g/mol. The number of nitrogens with one attached hydrogen (secondary N) is 1. The summed E-state index contributed by atoms with van der Waals surface area (Å²) in [5, 5.41) is 12.4. The number of anilines is 2. The van der Waals surface area contributed by atoms with E-state index in [4.69, 9.17) is 5.11 Å². The van der Waals surface area contributed by atoms with Crippen LogP contribution in [0.1, 0.15) is 33.0 Å². The van der Waals surface area contributed by atoms with Crippen molar-refractivity contribution in [2.45, 2.75) is 40.2 Å². The first kappa shape index (κ1) is 14.7. The van der Waals surface area contributed by atoms with Crippen molar-refractivity contribution < 1.29 is 5.11 Å². The maximum Gasteiger partial charge on any atom is 0.134 e. The van der Waals surface area contributed by atoms with Crippen LogP contribution in [0.15, 0.2) is 6.07 Å². The molecular formula is C13H24N4O. The van der Waals surface area contributed by atoms with Crippen LogP contribution in [-0.4, -0.2) is 40.8 Å². The lowest BCUT2D eigenvalue weighted by Gasteiger charge is -2.27. The van der Waals surface area contributed by atoms with E-state index in [2.05, 4.69) is 41.0 Å². The van der Waals surface area contributed by atoms with Crippen LogP contribution in [0.25, 0.3) is 0 Å². The molecule has 5 heteroatoms. The van der Waals surface area contributed by atoms with E-state index >= 15 is 0 Å². The second-order valence-electron chi connectivity index (χ2n) is 4.60. The summed E-state index contributed by atoms with van der Waals surface area (Å²) in [7, 11) is 0. The third-order valence-corrected chi connectivity index (χ3v) is 2.64. The van der Waals surface area contributed by atoms with Crippen molar-refractivity contribution in [3.63, 3.8) is 0 Å². The van der Waals surface area contributed by atoms with Crippen molar-refractivity contribution in [1.29, 1.82) is 0 Å². The molecule has 2 N–H and O–H groups in total. The summed E-state index contributed by atoms with van der Waals surface area (Å²) in [5.74, 6) is 2.46. The predicted octanol–water partition coefficient (Wildman–Crippen LogP) is 1.81. The number of aryl methyl sites for hydroxylation is 1. The van der Waals surface area contributed by atoms with Crippen LogP contribution in [0, 0.1) is 6.92 Å². The maximum absolute atomic E-state index is 9.13. The minimum absolute atomic E-state index is 0.124. The van der Waals surface area contributed by atoms with Crippen molar-refractivity contribution in [1.82, 2.24) is 9.97 Å². The van der Waals surface area contributed by atoms with Crippen LogP contribution in [0.5, 0.6) is 0 Å². The van der Waals surface area contributed by atoms with Crippen LogP contribution in [-0.2, 0) is 0 Å². The van der Waals surface area contributed by atoms with Crippen molar-refractivity contribution in [2.75, 3.05) is 29.9 Å². The average Bonchev–Trinajstić information content (AvgIpc) is 2.32. The molecule has 0 saturated carbocycles. The molecule has 5 nitrogen and oxygen atoms in total. The minimum Gasteiger partial charge on any atom is -0.395 e. The molecule has 0 aromatic carbocycles. The highest BCUT2D eigenvalue weighted by Crippen LogP contribution is 2.18. The van der Waals surface area contributed by atoms with E-state index in [1.165, 1.54) is 0 Å². The molecule has 0 atom stereocenters. The molecule has 0 unspecified atom stereocenters. The van der Waals surface area contributed by atoms with Crippen LogP contribution in [0.3, 0.4) is 0 Å². The zero-order valence-corrected chi connectivity index (χ0v) is 11.8. The number of aromatic nitrogens is 2. The van der Waals surface area contributed by atoms with E-state index in [-0.39, 0.29) is 6.61 Å². The van der Waals surface area contributed by atoms with E-state index in [1.807, 2.05) is 13.0 Å². The molecule has 0 aliphatic rings. The summed E-state index contributed by atoms with van der Waals surface area (Å²) >= 11 is 0. The molecule has 0 aliphatic carbocycles. The summed E-state index contributed by atoms with van der Waals surface area (Å²) in [6.45, 7) is 9.79. The van der Waals surface area contributed by atoms with Gasteiger partial charge in [0, 0.05) is 25.2 Å². The summed E-state index contributed by atoms with van der Waals surface area (Å²) in [6, 6.07) is 2.24. The van der Waals surface area contributed by atoms with Crippen LogP contribution < -0.4 is 10.2 Å². The van der Waals surface area contributed by atoms with Gasteiger partial charge in [-0.25, -0.2) is 9.97 Å². The zero-order valence-electron chi connectivity index (χ0n) is 11.8. The fraction of sp³-hybridized carbons (Fsp3) is 0.692. The molecule has 0 saturated heterocycles. The predicted molar refractivity (Wildman–Crippen MR) is 75.1 cm³/mol. The Kier molecular flexibility index (Phi) is 5.85. The van der Waals surface area contributed by atoms with Crippen LogP contribution in [0.4, 0.5) is 11.6 Å². The summed E-state index contributed by atoms with van der Waals surface area (Å²) in [6.07, 6.45) is 1.06. The van der Waals surface area contributed by atoms with E-state index in [1.54, 1.807) is 0 Å². The van der Waals surface area contributed by atoms with Gasteiger partial charge in [-0.15, -0.1) is 0 Å². The maximum atomic E-state index is 9.13. The lowest BCUT2D eigenvalue weighted by molar-refractivity contribution is 0.298. The van der Waals surface area contributed by atoms with Gasteiger partial charge in [-0.1, -0.05) is 6.92 Å². The molecule has 1 rings (SSSR count). The number of aliphatic hydroxyl groups excluding tert-OH is 1. The first-order chi connectivity index (χ1) is 8.58. The summed E-state index contributed by atoms with van der Waals surface area (Å²) in [4.78, 5) is 10.9. The Morgan fingerprint density at radius 1 is 1.39 bits per heavy atom. The molecule has 0 radical (unpaired) electrons. The van der Waals surface area contributed by atoms with Gasteiger partial charge in [0.15, 0.2) is 0 Å². The normalized spacial score (nSPS) is 10.8. The van der Waals surface area contributed by atoms with Gasteiger partial charge < -0.3 is 15.3 Å². The highest BCUT2D eigenvalue weighted by atomic mass is 16.3. The molecule has 0 spiro atoms. The second kappa shape index (κ2) is 7.16. The molecule has 0 amide bonds. The lowest BCUT2D eigenvalue weighted by atomic mass is 10.3. The third kappa shape index (κ3) is 4.14. The first-order valence-corrected chi connectivity index (χ1v) is 6.55. The van der Waals surface area contributed by atoms with Gasteiger partial charge in [-0.05, 0) is 27.2 Å². The van der Waals surface area contributed by atoms with E-state index in [0.717, 1.165) is 30.4 Å². The highest BCUT2D eigenvalue weighted by Gasteiger charge is 2.13. The topological polar surface area (TPSA) is 61.3 Å². The van der Waals surface area contributed by atoms with Gasteiger partial charge in [0.25, 0.3) is 0 Å². The first-order valence-electron chi connectivity index (χ1n) is 6.55. The molecule has 1 aromatic heterocycles. The van der Waals surface area contributed by atoms with E-state index in [9.17, 15) is 0 Å². The van der Waals surface area contributed by atoms with Gasteiger partial charge >= 0.3 is 0 Å². The lowest BCUT2D eigenvalue weighted by Crippen LogP contribution is -2.34. The Hall–Kier alpha value is -1.36. The van der Waals surface area contributed by atoms with Gasteiger partial charge in [-0.2, -0.15) is 0 Å².